The van der Waals surface area contributed by atoms with Gasteiger partial charge in [-0.05, 0) is 30.6 Å². The maximum Gasteiger partial charge on any atom is 0.363 e. The molecule has 0 unspecified atom stereocenters. The van der Waals surface area contributed by atoms with Crippen LogP contribution in [0.15, 0.2) is 11.8 Å². The fourth-order valence-electron chi connectivity index (χ4n) is 4.18. The number of allylic oxidation sites excluding steroid dienone is 2. The van der Waals surface area contributed by atoms with Gasteiger partial charge >= 0.3 is 6.92 Å². The quantitative estimate of drug-likeness (QED) is 0.404. The third-order valence-corrected chi connectivity index (χ3v) is 5.30. The van der Waals surface area contributed by atoms with Crippen LogP contribution in [0.2, 0.25) is 11.6 Å². The van der Waals surface area contributed by atoms with Crippen LogP contribution in [0.4, 0.5) is 0 Å². The van der Waals surface area contributed by atoms with E-state index in [4.69, 9.17) is 4.65 Å². The minimum absolute atomic E-state index is 0.522. The predicted octanol–water partition coefficient (Wildman–Crippen LogP) is 6.37. The summed E-state index contributed by atoms with van der Waals surface area (Å²) >= 11 is 0. The van der Waals surface area contributed by atoms with Crippen LogP contribution in [-0.4, -0.2) is 6.92 Å². The van der Waals surface area contributed by atoms with E-state index in [9.17, 15) is 0 Å². The summed E-state index contributed by atoms with van der Waals surface area (Å²) < 4.78 is 6.58. The summed E-state index contributed by atoms with van der Waals surface area (Å²) in [4.78, 5) is 0. The summed E-state index contributed by atoms with van der Waals surface area (Å²) in [7, 11) is 0. The van der Waals surface area contributed by atoms with Crippen LogP contribution < -0.4 is 0 Å². The van der Waals surface area contributed by atoms with E-state index < -0.39 is 0 Å². The number of hydrogen-bond acceptors (Lipinski definition) is 1. The Bertz CT molecular complexity index is 270. The van der Waals surface area contributed by atoms with Gasteiger partial charge in [0.05, 0.1) is 5.76 Å². The Labute approximate surface area is 126 Å². The molecular weight excluding hydrogens is 243 g/mol. The highest BCUT2D eigenvalue weighted by Crippen LogP contribution is 2.42. The van der Waals surface area contributed by atoms with E-state index >= 15 is 0 Å². The minimum Gasteiger partial charge on any atom is -0.563 e. The van der Waals surface area contributed by atoms with E-state index in [1.165, 1.54) is 70.0 Å². The molecule has 0 aliphatic heterocycles. The molecule has 0 heterocycles. The van der Waals surface area contributed by atoms with Gasteiger partial charge in [0.1, 0.15) is 0 Å². The highest BCUT2D eigenvalue weighted by atomic mass is 16.4. The van der Waals surface area contributed by atoms with E-state index in [2.05, 4.69) is 19.9 Å². The zero-order chi connectivity index (χ0) is 14.2. The molecule has 0 aromatic heterocycles. The molecule has 0 amide bonds. The molecule has 20 heavy (non-hydrogen) atoms. The van der Waals surface area contributed by atoms with Gasteiger partial charge in [-0.1, -0.05) is 78.1 Å². The first-order valence-corrected chi connectivity index (χ1v) is 9.20. The van der Waals surface area contributed by atoms with Crippen molar-refractivity contribution in [1.29, 1.82) is 0 Å². The van der Waals surface area contributed by atoms with E-state index in [1.54, 1.807) is 0 Å². The lowest BCUT2D eigenvalue weighted by Crippen LogP contribution is -2.33. The third-order valence-electron chi connectivity index (χ3n) is 5.30. The Kier molecular flexibility index (Phi) is 7.03. The smallest absolute Gasteiger partial charge is 0.363 e. The van der Waals surface area contributed by atoms with Gasteiger partial charge in [-0.15, -0.1) is 0 Å². The largest absolute Gasteiger partial charge is 0.563 e. The Morgan fingerprint density at radius 1 is 0.900 bits per heavy atom. The Morgan fingerprint density at radius 3 is 1.80 bits per heavy atom. The molecule has 0 spiro atoms. The van der Waals surface area contributed by atoms with Crippen molar-refractivity contribution >= 4 is 6.92 Å². The van der Waals surface area contributed by atoms with Crippen LogP contribution in [0.25, 0.3) is 0 Å². The topological polar surface area (TPSA) is 9.23 Å². The molecule has 0 N–H and O–H groups in total. The summed E-state index contributed by atoms with van der Waals surface area (Å²) in [5, 5.41) is 0. The summed E-state index contributed by atoms with van der Waals surface area (Å²) in [5.74, 6) is 2.92. The van der Waals surface area contributed by atoms with Gasteiger partial charge < -0.3 is 4.65 Å². The van der Waals surface area contributed by atoms with E-state index in [0.717, 1.165) is 24.5 Å². The lowest BCUT2D eigenvalue weighted by Gasteiger charge is -2.35. The van der Waals surface area contributed by atoms with Crippen LogP contribution >= 0.6 is 0 Å². The second kappa shape index (κ2) is 8.80. The predicted molar refractivity (Wildman–Crippen MR) is 89.2 cm³/mol. The molecule has 0 aromatic rings. The fraction of sp³-hybridized carbons (Fsp3) is 0.889. The average molecular weight is 276 g/mol. The molecule has 2 saturated carbocycles. The molecule has 2 aliphatic rings. The van der Waals surface area contributed by atoms with E-state index in [-0.39, 0.29) is 0 Å². The van der Waals surface area contributed by atoms with Gasteiger partial charge in [-0.2, -0.15) is 0 Å². The van der Waals surface area contributed by atoms with Crippen molar-refractivity contribution in [3.63, 3.8) is 0 Å². The molecule has 114 valence electrons. The van der Waals surface area contributed by atoms with Gasteiger partial charge in [-0.25, -0.2) is 0 Å². The van der Waals surface area contributed by atoms with Crippen molar-refractivity contribution in [3.05, 3.63) is 11.8 Å². The van der Waals surface area contributed by atoms with E-state index in [1.807, 2.05) is 0 Å². The first kappa shape index (κ1) is 16.0. The van der Waals surface area contributed by atoms with Crippen LogP contribution in [0.5, 0.6) is 0 Å². The van der Waals surface area contributed by atoms with Gasteiger partial charge in [-0.3, -0.25) is 0 Å². The van der Waals surface area contributed by atoms with Gasteiger partial charge in [0.15, 0.2) is 0 Å². The lowest BCUT2D eigenvalue weighted by molar-refractivity contribution is 0.345. The zero-order valence-corrected chi connectivity index (χ0v) is 13.7. The van der Waals surface area contributed by atoms with E-state index in [0.29, 0.717) is 6.92 Å². The van der Waals surface area contributed by atoms with Gasteiger partial charge in [0, 0.05) is 0 Å². The molecule has 0 saturated heterocycles. The monoisotopic (exact) mass is 276 g/mol. The molecule has 0 atom stereocenters. The number of rotatable bonds is 6. The average Bonchev–Trinajstić information content (AvgIpc) is 2.53. The summed E-state index contributed by atoms with van der Waals surface area (Å²) in [6, 6.07) is 0. The first-order chi connectivity index (χ1) is 9.85. The molecule has 0 aromatic carbocycles. The fourth-order valence-corrected chi connectivity index (χ4v) is 4.18. The molecule has 2 fully saturated rings. The second-order valence-electron chi connectivity index (χ2n) is 6.81. The zero-order valence-electron chi connectivity index (χ0n) is 13.7. The molecule has 1 nitrogen and oxygen atoms in total. The third kappa shape index (κ3) is 4.57. The normalized spacial score (nSPS) is 22.8. The van der Waals surface area contributed by atoms with Crippen molar-refractivity contribution in [3.8, 4) is 0 Å². The van der Waals surface area contributed by atoms with Crippen molar-refractivity contribution in [2.75, 3.05) is 0 Å². The van der Waals surface area contributed by atoms with Gasteiger partial charge in [0.25, 0.3) is 0 Å². The highest BCUT2D eigenvalue weighted by molar-refractivity contribution is 6.55. The summed E-state index contributed by atoms with van der Waals surface area (Å²) in [6.07, 6.45) is 18.7. The molecule has 2 heteroatoms. The SMILES string of the molecule is CC/C=C(/CC)OB(C1CCCCC1)C1CCCCC1. The minimum atomic E-state index is 0.522. The number of hydrogen-bond donors (Lipinski definition) is 0. The summed E-state index contributed by atoms with van der Waals surface area (Å²) in [6.45, 7) is 4.98. The van der Waals surface area contributed by atoms with Crippen molar-refractivity contribution in [2.24, 2.45) is 0 Å². The standard InChI is InChI=1S/C18H33BO/c1-3-11-18(4-2)20-19(16-12-7-5-8-13-16)17-14-9-6-10-15-17/h11,16-17H,3-10,12-15H2,1-2H3/b18-11-. The van der Waals surface area contributed by atoms with Crippen LogP contribution in [0.3, 0.4) is 0 Å². The van der Waals surface area contributed by atoms with Crippen molar-refractivity contribution < 1.29 is 4.65 Å². The Hall–Kier alpha value is -0.395. The molecule has 2 rings (SSSR count). The van der Waals surface area contributed by atoms with Crippen LogP contribution in [0, 0.1) is 0 Å². The molecule has 0 radical (unpaired) electrons. The highest BCUT2D eigenvalue weighted by Gasteiger charge is 2.38. The Morgan fingerprint density at radius 2 is 1.40 bits per heavy atom. The molecule has 0 bridgehead atoms. The first-order valence-electron chi connectivity index (χ1n) is 9.20. The van der Waals surface area contributed by atoms with Gasteiger partial charge in [0.2, 0.25) is 0 Å². The second-order valence-corrected chi connectivity index (χ2v) is 6.81. The van der Waals surface area contributed by atoms with Crippen LogP contribution in [-0.2, 0) is 4.65 Å². The molecular formula is C18H33BO. The maximum absolute atomic E-state index is 6.58. The Balaban J connectivity index is 2.03. The molecule has 2 aliphatic carbocycles. The van der Waals surface area contributed by atoms with Crippen molar-refractivity contribution in [1.82, 2.24) is 0 Å². The van der Waals surface area contributed by atoms with Crippen LogP contribution in [0.1, 0.15) is 90.9 Å². The van der Waals surface area contributed by atoms with Crippen molar-refractivity contribution in [2.45, 2.75) is 103 Å². The lowest BCUT2D eigenvalue weighted by atomic mass is 9.41. The maximum atomic E-state index is 6.58. The summed E-state index contributed by atoms with van der Waals surface area (Å²) in [5.41, 5.74) is 0.